The Bertz CT molecular complexity index is 822. The lowest BCUT2D eigenvalue weighted by atomic mass is 10.2. The molecule has 26 heavy (non-hydrogen) atoms. The van der Waals surface area contributed by atoms with Gasteiger partial charge >= 0.3 is 5.97 Å². The standard InChI is InChI=1S/C19H17ClO6/c20-13-8-12(9-16-18(13)23-7-3-6-22-16)10-25-19(21)17-11-24-14-4-1-2-5-15(14)26-17/h1-2,4-5,8-9,17H,3,6-7,10-11H2/t17-/m0/s1. The number of rotatable bonds is 3. The summed E-state index contributed by atoms with van der Waals surface area (Å²) in [6.07, 6.45) is -0.0173. The van der Waals surface area contributed by atoms with Crippen molar-refractivity contribution in [1.29, 1.82) is 0 Å². The number of ether oxygens (including phenoxy) is 5. The topological polar surface area (TPSA) is 63.2 Å². The molecular formula is C19H17ClO6. The van der Waals surface area contributed by atoms with Crippen molar-refractivity contribution in [2.45, 2.75) is 19.1 Å². The van der Waals surface area contributed by atoms with Crippen LogP contribution in [0.2, 0.25) is 5.02 Å². The SMILES string of the molecule is O=C(OCc1cc(Cl)c2c(c1)OCCCO2)[C@@H]1COc2ccccc2O1. The molecule has 0 amide bonds. The van der Waals surface area contributed by atoms with Crippen LogP contribution in [0.25, 0.3) is 0 Å². The summed E-state index contributed by atoms with van der Waals surface area (Å²) in [5.41, 5.74) is 0.713. The van der Waals surface area contributed by atoms with Gasteiger partial charge in [0.25, 0.3) is 0 Å². The molecule has 7 heteroatoms. The summed E-state index contributed by atoms with van der Waals surface area (Å²) in [5.74, 6) is 1.74. The molecule has 0 aromatic heterocycles. The summed E-state index contributed by atoms with van der Waals surface area (Å²) in [5, 5.41) is 0.432. The molecule has 0 radical (unpaired) electrons. The average molecular weight is 377 g/mol. The van der Waals surface area contributed by atoms with Crippen molar-refractivity contribution in [2.24, 2.45) is 0 Å². The molecule has 2 aromatic rings. The average Bonchev–Trinajstić information content (AvgIpc) is 2.91. The van der Waals surface area contributed by atoms with Crippen molar-refractivity contribution in [3.8, 4) is 23.0 Å². The van der Waals surface area contributed by atoms with Crippen LogP contribution >= 0.6 is 11.6 Å². The molecule has 4 rings (SSSR count). The molecule has 2 aromatic carbocycles. The molecule has 1 atom stereocenters. The molecule has 0 saturated heterocycles. The molecule has 0 unspecified atom stereocenters. The van der Waals surface area contributed by atoms with E-state index in [2.05, 4.69) is 0 Å². The Morgan fingerprint density at radius 3 is 2.77 bits per heavy atom. The highest BCUT2D eigenvalue weighted by atomic mass is 35.5. The van der Waals surface area contributed by atoms with Gasteiger partial charge in [-0.25, -0.2) is 4.79 Å². The van der Waals surface area contributed by atoms with E-state index >= 15 is 0 Å². The molecule has 136 valence electrons. The van der Waals surface area contributed by atoms with E-state index in [1.807, 2.05) is 12.1 Å². The highest BCUT2D eigenvalue weighted by Crippen LogP contribution is 2.38. The van der Waals surface area contributed by atoms with Crippen LogP contribution in [0, 0.1) is 0 Å². The molecule has 6 nitrogen and oxygen atoms in total. The zero-order valence-corrected chi connectivity index (χ0v) is 14.7. The van der Waals surface area contributed by atoms with Gasteiger partial charge < -0.3 is 23.7 Å². The molecule has 0 aliphatic carbocycles. The van der Waals surface area contributed by atoms with Crippen LogP contribution in [0.4, 0.5) is 0 Å². The van der Waals surface area contributed by atoms with E-state index in [-0.39, 0.29) is 13.2 Å². The minimum absolute atomic E-state index is 0.0523. The smallest absolute Gasteiger partial charge is 0.351 e. The predicted molar refractivity (Wildman–Crippen MR) is 93.2 cm³/mol. The Balaban J connectivity index is 1.41. The minimum Gasteiger partial charge on any atom is -0.489 e. The molecule has 0 spiro atoms. The fraction of sp³-hybridized carbons (Fsp3) is 0.316. The molecule has 2 aliphatic rings. The number of halogens is 1. The summed E-state index contributed by atoms with van der Waals surface area (Å²) in [4.78, 5) is 12.3. The Hall–Kier alpha value is -2.60. The fourth-order valence-electron chi connectivity index (χ4n) is 2.75. The first-order valence-corrected chi connectivity index (χ1v) is 8.71. The quantitative estimate of drug-likeness (QED) is 0.765. The third kappa shape index (κ3) is 3.51. The highest BCUT2D eigenvalue weighted by molar-refractivity contribution is 6.32. The van der Waals surface area contributed by atoms with Gasteiger partial charge in [0.05, 0.1) is 18.2 Å². The van der Waals surface area contributed by atoms with E-state index in [1.54, 1.807) is 24.3 Å². The van der Waals surface area contributed by atoms with Gasteiger partial charge in [-0.3, -0.25) is 0 Å². The van der Waals surface area contributed by atoms with Crippen LogP contribution in [-0.2, 0) is 16.1 Å². The van der Waals surface area contributed by atoms with Gasteiger partial charge in [0.15, 0.2) is 23.0 Å². The second kappa shape index (κ2) is 7.33. The van der Waals surface area contributed by atoms with Gasteiger partial charge in [0, 0.05) is 6.42 Å². The van der Waals surface area contributed by atoms with E-state index in [9.17, 15) is 4.79 Å². The Labute approximate surface area is 155 Å². The molecule has 0 saturated carbocycles. The van der Waals surface area contributed by atoms with Crippen molar-refractivity contribution in [3.63, 3.8) is 0 Å². The summed E-state index contributed by atoms with van der Waals surface area (Å²) in [6.45, 7) is 1.27. The zero-order valence-electron chi connectivity index (χ0n) is 13.9. The van der Waals surface area contributed by atoms with Crippen LogP contribution < -0.4 is 18.9 Å². The van der Waals surface area contributed by atoms with Crippen LogP contribution in [0.5, 0.6) is 23.0 Å². The lowest BCUT2D eigenvalue weighted by molar-refractivity contribution is -0.155. The molecule has 0 bridgehead atoms. The van der Waals surface area contributed by atoms with Gasteiger partial charge in [-0.1, -0.05) is 23.7 Å². The Morgan fingerprint density at radius 2 is 1.88 bits per heavy atom. The third-order valence-electron chi connectivity index (χ3n) is 4.01. The molecule has 0 N–H and O–H groups in total. The van der Waals surface area contributed by atoms with E-state index in [0.29, 0.717) is 46.8 Å². The Kier molecular flexibility index (Phi) is 4.75. The highest BCUT2D eigenvalue weighted by Gasteiger charge is 2.28. The zero-order chi connectivity index (χ0) is 17.9. The first kappa shape index (κ1) is 16.8. The minimum atomic E-state index is -0.805. The maximum Gasteiger partial charge on any atom is 0.351 e. The maximum atomic E-state index is 12.3. The number of esters is 1. The number of carbonyl (C=O) groups is 1. The molecule has 2 aliphatic heterocycles. The van der Waals surface area contributed by atoms with E-state index < -0.39 is 12.1 Å². The number of fused-ring (bicyclic) bond motifs is 2. The second-order valence-corrected chi connectivity index (χ2v) is 6.33. The normalized spacial score (nSPS) is 18.0. The van der Waals surface area contributed by atoms with Crippen molar-refractivity contribution >= 4 is 17.6 Å². The van der Waals surface area contributed by atoms with Gasteiger partial charge in [-0.2, -0.15) is 0 Å². The molecule has 2 heterocycles. The molecule has 0 fully saturated rings. The summed E-state index contributed by atoms with van der Waals surface area (Å²) in [6, 6.07) is 10.7. The number of benzene rings is 2. The summed E-state index contributed by atoms with van der Waals surface area (Å²) < 4.78 is 27.8. The third-order valence-corrected chi connectivity index (χ3v) is 4.30. The van der Waals surface area contributed by atoms with Gasteiger partial charge in [0.1, 0.15) is 13.2 Å². The van der Waals surface area contributed by atoms with Crippen molar-refractivity contribution in [3.05, 3.63) is 47.0 Å². The lowest BCUT2D eigenvalue weighted by Crippen LogP contribution is -2.37. The molecular weight excluding hydrogens is 360 g/mol. The number of para-hydroxylation sites is 2. The van der Waals surface area contributed by atoms with Gasteiger partial charge in [-0.05, 0) is 29.8 Å². The first-order chi connectivity index (χ1) is 12.7. The van der Waals surface area contributed by atoms with Crippen molar-refractivity contribution in [1.82, 2.24) is 0 Å². The maximum absolute atomic E-state index is 12.3. The first-order valence-electron chi connectivity index (χ1n) is 8.34. The second-order valence-electron chi connectivity index (χ2n) is 5.93. The van der Waals surface area contributed by atoms with Crippen LogP contribution in [-0.4, -0.2) is 31.9 Å². The number of hydrogen-bond acceptors (Lipinski definition) is 6. The summed E-state index contributed by atoms with van der Waals surface area (Å²) >= 11 is 6.25. The van der Waals surface area contributed by atoms with Crippen LogP contribution in [0.3, 0.4) is 0 Å². The van der Waals surface area contributed by atoms with Crippen LogP contribution in [0.15, 0.2) is 36.4 Å². The fourth-order valence-corrected chi connectivity index (χ4v) is 3.04. The lowest BCUT2D eigenvalue weighted by Gasteiger charge is -2.25. The number of hydrogen-bond donors (Lipinski definition) is 0. The Morgan fingerprint density at radius 1 is 1.08 bits per heavy atom. The van der Waals surface area contributed by atoms with Crippen molar-refractivity contribution in [2.75, 3.05) is 19.8 Å². The number of carbonyl (C=O) groups excluding carboxylic acids is 1. The van der Waals surface area contributed by atoms with Crippen LogP contribution in [0.1, 0.15) is 12.0 Å². The van der Waals surface area contributed by atoms with E-state index in [0.717, 1.165) is 6.42 Å². The van der Waals surface area contributed by atoms with Gasteiger partial charge in [-0.15, -0.1) is 0 Å². The van der Waals surface area contributed by atoms with E-state index in [4.69, 9.17) is 35.3 Å². The van der Waals surface area contributed by atoms with Gasteiger partial charge in [0.2, 0.25) is 6.10 Å². The predicted octanol–water partition coefficient (Wildman–Crippen LogP) is 3.38. The van der Waals surface area contributed by atoms with E-state index in [1.165, 1.54) is 0 Å². The monoisotopic (exact) mass is 376 g/mol. The van der Waals surface area contributed by atoms with Crippen molar-refractivity contribution < 1.29 is 28.5 Å². The summed E-state index contributed by atoms with van der Waals surface area (Å²) in [7, 11) is 0. The largest absolute Gasteiger partial charge is 0.489 e.